The number of carbonyl (C=O) groups is 1. The van der Waals surface area contributed by atoms with Crippen molar-refractivity contribution in [2.45, 2.75) is 13.0 Å². The average Bonchev–Trinajstić information content (AvgIpc) is 2.63. The van der Waals surface area contributed by atoms with E-state index in [0.29, 0.717) is 4.47 Å². The van der Waals surface area contributed by atoms with Crippen molar-refractivity contribution in [2.75, 3.05) is 0 Å². The molecule has 96 valence electrons. The second-order valence-electron chi connectivity index (χ2n) is 4.14. The van der Waals surface area contributed by atoms with Gasteiger partial charge in [-0.2, -0.15) is 0 Å². The standard InChI is InChI=1S/C14H10BrFN2O/c15-10-4-3-9(12(16)6-10)7-18-8-13-11(14(18)19)2-1-5-17-13/h1-6H,7-8H2/i8D2. The Morgan fingerprint density at radius 2 is 2.32 bits per heavy atom. The van der Waals surface area contributed by atoms with Crippen LogP contribution in [0, 0.1) is 5.82 Å². The van der Waals surface area contributed by atoms with Crippen molar-refractivity contribution in [3.05, 3.63) is 63.6 Å². The fraction of sp³-hybridized carbons (Fsp3) is 0.143. The first-order valence-corrected chi connectivity index (χ1v) is 6.42. The Balaban J connectivity index is 1.99. The summed E-state index contributed by atoms with van der Waals surface area (Å²) in [4.78, 5) is 17.3. The van der Waals surface area contributed by atoms with Gasteiger partial charge in [-0.25, -0.2) is 4.39 Å². The molecule has 0 N–H and O–H groups in total. The fourth-order valence-electron chi connectivity index (χ4n) is 1.92. The number of pyridine rings is 1. The molecular weight excluding hydrogens is 311 g/mol. The molecule has 3 nitrogen and oxygen atoms in total. The quantitative estimate of drug-likeness (QED) is 0.851. The summed E-state index contributed by atoms with van der Waals surface area (Å²) in [6, 6.07) is 7.58. The third kappa shape index (κ3) is 2.26. The number of hydrogen-bond acceptors (Lipinski definition) is 2. The molecule has 0 bridgehead atoms. The second-order valence-corrected chi connectivity index (χ2v) is 5.05. The van der Waals surface area contributed by atoms with Crippen molar-refractivity contribution in [3.63, 3.8) is 0 Å². The second kappa shape index (κ2) is 4.74. The van der Waals surface area contributed by atoms with Gasteiger partial charge in [-0.1, -0.05) is 22.0 Å². The maximum absolute atomic E-state index is 13.9. The summed E-state index contributed by atoms with van der Waals surface area (Å²) in [5.74, 6) is -0.970. The minimum Gasteiger partial charge on any atom is -0.328 e. The number of fused-ring (bicyclic) bond motifs is 1. The molecule has 0 spiro atoms. The summed E-state index contributed by atoms with van der Waals surface area (Å²) in [6.07, 6.45) is 1.44. The number of rotatable bonds is 2. The van der Waals surface area contributed by atoms with Crippen molar-refractivity contribution in [2.24, 2.45) is 0 Å². The van der Waals surface area contributed by atoms with Crippen LogP contribution in [0.2, 0.25) is 0 Å². The van der Waals surface area contributed by atoms with E-state index in [-0.39, 0.29) is 23.4 Å². The van der Waals surface area contributed by atoms with Crippen molar-refractivity contribution >= 4 is 21.8 Å². The molecule has 0 saturated heterocycles. The lowest BCUT2D eigenvalue weighted by Crippen LogP contribution is -2.23. The number of halogens is 2. The van der Waals surface area contributed by atoms with E-state index in [0.717, 1.165) is 4.90 Å². The van der Waals surface area contributed by atoms with Crippen LogP contribution in [0.5, 0.6) is 0 Å². The summed E-state index contributed by atoms with van der Waals surface area (Å²) in [7, 11) is 0. The largest absolute Gasteiger partial charge is 0.328 e. The van der Waals surface area contributed by atoms with Gasteiger partial charge in [-0.3, -0.25) is 9.78 Å². The molecule has 1 aliphatic rings. The van der Waals surface area contributed by atoms with Crippen molar-refractivity contribution in [1.29, 1.82) is 0 Å². The minimum absolute atomic E-state index is 0.0764. The maximum Gasteiger partial charge on any atom is 0.256 e. The highest BCUT2D eigenvalue weighted by molar-refractivity contribution is 9.10. The molecule has 19 heavy (non-hydrogen) atoms. The predicted octanol–water partition coefficient (Wildman–Crippen LogP) is 3.14. The zero-order valence-corrected chi connectivity index (χ0v) is 11.3. The Hall–Kier alpha value is -1.75. The highest BCUT2D eigenvalue weighted by Crippen LogP contribution is 2.24. The Morgan fingerprint density at radius 3 is 3.05 bits per heavy atom. The topological polar surface area (TPSA) is 33.2 Å². The third-order valence-corrected chi connectivity index (χ3v) is 3.36. The summed E-state index contributed by atoms with van der Waals surface area (Å²) >= 11 is 3.16. The summed E-state index contributed by atoms with van der Waals surface area (Å²) in [5.41, 5.74) is 0.552. The van der Waals surface area contributed by atoms with E-state index in [2.05, 4.69) is 20.9 Å². The highest BCUT2D eigenvalue weighted by atomic mass is 79.9. The van der Waals surface area contributed by atoms with Crippen LogP contribution in [-0.2, 0) is 13.0 Å². The Labute approximate surface area is 121 Å². The summed E-state index contributed by atoms with van der Waals surface area (Å²) in [5, 5.41) is 0. The number of hydrogen-bond donors (Lipinski definition) is 0. The van der Waals surface area contributed by atoms with Gasteiger partial charge in [0.15, 0.2) is 0 Å². The summed E-state index contributed by atoms with van der Waals surface area (Å²) < 4.78 is 30.7. The molecule has 0 saturated carbocycles. The van der Waals surface area contributed by atoms with E-state index in [1.165, 1.54) is 24.4 Å². The number of amides is 1. The van der Waals surface area contributed by atoms with Crippen LogP contribution in [0.3, 0.4) is 0 Å². The average molecular weight is 323 g/mol. The van der Waals surface area contributed by atoms with Gasteiger partial charge in [0.25, 0.3) is 5.91 Å². The van der Waals surface area contributed by atoms with Crippen LogP contribution in [-0.4, -0.2) is 15.8 Å². The lowest BCUT2D eigenvalue weighted by atomic mass is 10.2. The predicted molar refractivity (Wildman–Crippen MR) is 71.9 cm³/mol. The molecule has 0 fully saturated rings. The van der Waals surface area contributed by atoms with Gasteiger partial charge in [0.05, 0.1) is 20.5 Å². The van der Waals surface area contributed by atoms with E-state index in [4.69, 9.17) is 2.74 Å². The van der Waals surface area contributed by atoms with Crippen molar-refractivity contribution in [3.8, 4) is 0 Å². The molecule has 3 rings (SSSR count). The Kier molecular flexibility index (Phi) is 2.51. The fourth-order valence-corrected chi connectivity index (χ4v) is 2.26. The molecule has 2 heterocycles. The van der Waals surface area contributed by atoms with Gasteiger partial charge in [-0.05, 0) is 24.3 Å². The normalized spacial score (nSPS) is 18.0. The van der Waals surface area contributed by atoms with Crippen LogP contribution >= 0.6 is 15.9 Å². The van der Waals surface area contributed by atoms with E-state index < -0.39 is 18.2 Å². The monoisotopic (exact) mass is 322 g/mol. The van der Waals surface area contributed by atoms with Crippen LogP contribution in [0.4, 0.5) is 4.39 Å². The molecule has 1 aromatic carbocycles. The van der Waals surface area contributed by atoms with Gasteiger partial charge in [0.1, 0.15) is 5.82 Å². The first kappa shape index (κ1) is 10.1. The molecule has 1 amide bonds. The van der Waals surface area contributed by atoms with E-state index in [9.17, 15) is 9.18 Å². The molecule has 0 atom stereocenters. The zero-order chi connectivity index (χ0) is 15.2. The number of benzene rings is 1. The molecule has 0 radical (unpaired) electrons. The third-order valence-electron chi connectivity index (χ3n) is 2.87. The van der Waals surface area contributed by atoms with Gasteiger partial charge >= 0.3 is 0 Å². The SMILES string of the molecule is [2H]C1([2H])c2ncccc2C(=O)N1Cc1ccc(Br)cc1F. The number of nitrogens with zero attached hydrogens (tertiary/aromatic N) is 2. The van der Waals surface area contributed by atoms with Gasteiger partial charge in [0, 0.05) is 22.8 Å². The molecule has 1 aromatic heterocycles. The minimum atomic E-state index is -2.05. The van der Waals surface area contributed by atoms with Gasteiger partial charge in [0.2, 0.25) is 0 Å². The number of carbonyl (C=O) groups excluding carboxylic acids is 1. The molecular formula is C14H10BrFN2O. The molecule has 0 aliphatic carbocycles. The Morgan fingerprint density at radius 1 is 1.47 bits per heavy atom. The lowest BCUT2D eigenvalue weighted by Gasteiger charge is -2.15. The molecule has 2 aromatic rings. The maximum atomic E-state index is 13.9. The first-order chi connectivity index (χ1) is 9.91. The van der Waals surface area contributed by atoms with Crippen LogP contribution < -0.4 is 0 Å². The number of aromatic nitrogens is 1. The Bertz CT molecular complexity index is 739. The van der Waals surface area contributed by atoms with Crippen LogP contribution in [0.25, 0.3) is 0 Å². The molecule has 0 unspecified atom stereocenters. The highest BCUT2D eigenvalue weighted by Gasteiger charge is 2.28. The van der Waals surface area contributed by atoms with Gasteiger partial charge < -0.3 is 4.90 Å². The van der Waals surface area contributed by atoms with Crippen molar-refractivity contribution in [1.82, 2.24) is 9.88 Å². The van der Waals surface area contributed by atoms with Crippen LogP contribution in [0.1, 0.15) is 24.4 Å². The first-order valence-electron chi connectivity index (χ1n) is 6.62. The zero-order valence-electron chi connectivity index (χ0n) is 11.7. The molecule has 1 aliphatic heterocycles. The van der Waals surface area contributed by atoms with Gasteiger partial charge in [-0.15, -0.1) is 0 Å². The summed E-state index contributed by atoms with van der Waals surface area (Å²) in [6.45, 7) is -2.20. The smallest absolute Gasteiger partial charge is 0.256 e. The van der Waals surface area contributed by atoms with E-state index in [1.54, 1.807) is 12.1 Å². The van der Waals surface area contributed by atoms with E-state index in [1.807, 2.05) is 0 Å². The van der Waals surface area contributed by atoms with E-state index >= 15 is 0 Å². The van der Waals surface area contributed by atoms with Crippen LogP contribution in [0.15, 0.2) is 41.0 Å². The van der Waals surface area contributed by atoms with Crippen molar-refractivity contribution < 1.29 is 11.9 Å². The molecule has 5 heteroatoms. The lowest BCUT2D eigenvalue weighted by molar-refractivity contribution is 0.0765.